The van der Waals surface area contributed by atoms with Gasteiger partial charge in [-0.15, -0.1) is 0 Å². The molecule has 2 aromatic carbocycles. The van der Waals surface area contributed by atoms with Crippen LogP contribution in [-0.2, 0) is 6.18 Å². The number of unbranched alkanes of at least 4 members (excludes halogenated alkanes) is 5. The summed E-state index contributed by atoms with van der Waals surface area (Å²) in [5.41, 5.74) is -2.90. The van der Waals surface area contributed by atoms with Crippen molar-refractivity contribution in [2.45, 2.75) is 51.6 Å². The quantitative estimate of drug-likeness (QED) is 0.217. The van der Waals surface area contributed by atoms with Gasteiger partial charge in [0, 0.05) is 11.1 Å². The molecule has 0 radical (unpaired) electrons. The molecule has 0 bridgehead atoms. The topological polar surface area (TPSA) is 35.0 Å². The van der Waals surface area contributed by atoms with Crippen molar-refractivity contribution in [1.29, 1.82) is 0 Å². The van der Waals surface area contributed by atoms with E-state index in [1.54, 1.807) is 0 Å². The van der Waals surface area contributed by atoms with Crippen LogP contribution in [0.15, 0.2) is 42.6 Å². The molecule has 34 heavy (non-hydrogen) atoms. The first-order valence-corrected chi connectivity index (χ1v) is 11.0. The van der Waals surface area contributed by atoms with Gasteiger partial charge in [-0.2, -0.15) is 22.0 Å². The average molecular weight is 482 g/mol. The standard InChI is InChI=1S/C25H24F6N2O/c1-2-3-4-5-6-9-14-34-20-13-12-17(21(26)22(20)27)23-24(28)33-19(15-32-23)16-10-7-8-11-18(16)25(29,30)31/h7-8,10-13,15H,2-6,9,14H2,1H3. The van der Waals surface area contributed by atoms with Crippen LogP contribution >= 0.6 is 0 Å². The van der Waals surface area contributed by atoms with Crippen LogP contribution in [0.1, 0.15) is 51.0 Å². The Hall–Kier alpha value is -3.10. The van der Waals surface area contributed by atoms with Crippen LogP contribution in [0, 0.1) is 17.6 Å². The second kappa shape index (κ2) is 11.4. The molecule has 0 aliphatic rings. The molecule has 0 N–H and O–H groups in total. The minimum atomic E-state index is -4.69. The number of ether oxygens (including phenoxy) is 1. The van der Waals surface area contributed by atoms with Crippen LogP contribution in [0.4, 0.5) is 26.3 Å². The molecule has 0 saturated carbocycles. The Morgan fingerprint density at radius 2 is 1.53 bits per heavy atom. The van der Waals surface area contributed by atoms with Crippen LogP contribution < -0.4 is 4.74 Å². The maximum absolute atomic E-state index is 14.7. The van der Waals surface area contributed by atoms with Crippen molar-refractivity contribution in [1.82, 2.24) is 9.97 Å². The molecule has 1 heterocycles. The Morgan fingerprint density at radius 3 is 2.24 bits per heavy atom. The van der Waals surface area contributed by atoms with E-state index in [1.807, 2.05) is 0 Å². The second-order valence-electron chi connectivity index (χ2n) is 7.79. The Labute approximate surface area is 193 Å². The van der Waals surface area contributed by atoms with E-state index in [1.165, 1.54) is 18.2 Å². The molecule has 0 saturated heterocycles. The third kappa shape index (κ3) is 6.07. The van der Waals surface area contributed by atoms with E-state index < -0.39 is 40.6 Å². The normalized spacial score (nSPS) is 11.6. The van der Waals surface area contributed by atoms with Crippen LogP contribution in [0.2, 0.25) is 0 Å². The van der Waals surface area contributed by atoms with Crippen LogP contribution in [0.5, 0.6) is 5.75 Å². The van der Waals surface area contributed by atoms with E-state index in [-0.39, 0.29) is 23.6 Å². The predicted octanol–water partition coefficient (Wildman–Crippen LogP) is 7.99. The van der Waals surface area contributed by atoms with Gasteiger partial charge in [0.25, 0.3) is 0 Å². The zero-order chi connectivity index (χ0) is 24.7. The number of alkyl halides is 3. The lowest BCUT2D eigenvalue weighted by Gasteiger charge is -2.13. The van der Waals surface area contributed by atoms with Gasteiger partial charge in [0.15, 0.2) is 11.6 Å². The Balaban J connectivity index is 1.78. The summed E-state index contributed by atoms with van der Waals surface area (Å²) >= 11 is 0. The number of hydrogen-bond donors (Lipinski definition) is 0. The van der Waals surface area contributed by atoms with E-state index in [0.717, 1.165) is 56.5 Å². The number of halogens is 6. The van der Waals surface area contributed by atoms with Gasteiger partial charge in [-0.05, 0) is 24.6 Å². The van der Waals surface area contributed by atoms with Gasteiger partial charge in [-0.25, -0.2) is 14.4 Å². The third-order valence-corrected chi connectivity index (χ3v) is 5.30. The summed E-state index contributed by atoms with van der Waals surface area (Å²) in [6.07, 6.45) is 2.23. The predicted molar refractivity (Wildman–Crippen MR) is 117 cm³/mol. The molecular weight excluding hydrogens is 458 g/mol. The number of nitrogens with zero attached hydrogens (tertiary/aromatic N) is 2. The maximum Gasteiger partial charge on any atom is 0.417 e. The van der Waals surface area contributed by atoms with Crippen molar-refractivity contribution in [3.63, 3.8) is 0 Å². The first kappa shape index (κ1) is 25.5. The van der Waals surface area contributed by atoms with Crippen molar-refractivity contribution in [2.24, 2.45) is 0 Å². The molecule has 3 rings (SSSR count). The zero-order valence-electron chi connectivity index (χ0n) is 18.6. The van der Waals surface area contributed by atoms with Crippen LogP contribution in [-0.4, -0.2) is 16.6 Å². The summed E-state index contributed by atoms with van der Waals surface area (Å²) < 4.78 is 88.9. The third-order valence-electron chi connectivity index (χ3n) is 5.30. The lowest BCUT2D eigenvalue weighted by atomic mass is 10.0. The van der Waals surface area contributed by atoms with Crippen molar-refractivity contribution in [3.05, 3.63) is 65.7 Å². The van der Waals surface area contributed by atoms with Gasteiger partial charge in [0.05, 0.1) is 24.1 Å². The largest absolute Gasteiger partial charge is 0.490 e. The summed E-state index contributed by atoms with van der Waals surface area (Å²) in [6, 6.07) is 6.77. The Bertz CT molecular complexity index is 1120. The highest BCUT2D eigenvalue weighted by Gasteiger charge is 2.34. The zero-order valence-corrected chi connectivity index (χ0v) is 18.6. The highest BCUT2D eigenvalue weighted by atomic mass is 19.4. The lowest BCUT2D eigenvalue weighted by molar-refractivity contribution is -0.137. The van der Waals surface area contributed by atoms with Gasteiger partial charge in [-0.1, -0.05) is 57.2 Å². The van der Waals surface area contributed by atoms with Crippen molar-refractivity contribution >= 4 is 0 Å². The number of benzene rings is 2. The molecule has 0 amide bonds. The summed E-state index contributed by atoms with van der Waals surface area (Å²) in [6.45, 7) is 2.33. The monoisotopic (exact) mass is 482 g/mol. The highest BCUT2D eigenvalue weighted by molar-refractivity contribution is 5.67. The fraction of sp³-hybridized carbons (Fsp3) is 0.360. The summed E-state index contributed by atoms with van der Waals surface area (Å²) in [7, 11) is 0. The first-order valence-electron chi connectivity index (χ1n) is 11.0. The molecule has 0 fully saturated rings. The number of hydrogen-bond acceptors (Lipinski definition) is 3. The number of rotatable bonds is 10. The number of aromatic nitrogens is 2. The summed E-state index contributed by atoms with van der Waals surface area (Å²) in [5, 5.41) is 0. The van der Waals surface area contributed by atoms with Crippen LogP contribution in [0.3, 0.4) is 0 Å². The SMILES string of the molecule is CCCCCCCCOc1ccc(-c2ncc(-c3ccccc3C(F)(F)F)nc2F)c(F)c1F. The maximum atomic E-state index is 14.7. The van der Waals surface area contributed by atoms with Crippen LogP contribution in [0.25, 0.3) is 22.5 Å². The summed E-state index contributed by atoms with van der Waals surface area (Å²) in [4.78, 5) is 7.27. The molecule has 3 nitrogen and oxygen atoms in total. The molecule has 9 heteroatoms. The van der Waals surface area contributed by atoms with Gasteiger partial charge in [-0.3, -0.25) is 0 Å². The molecule has 0 spiro atoms. The van der Waals surface area contributed by atoms with E-state index in [4.69, 9.17) is 4.74 Å². The van der Waals surface area contributed by atoms with Gasteiger partial charge >= 0.3 is 6.18 Å². The molecule has 0 aliphatic heterocycles. The van der Waals surface area contributed by atoms with E-state index >= 15 is 0 Å². The van der Waals surface area contributed by atoms with Gasteiger partial charge in [0.2, 0.25) is 11.8 Å². The second-order valence-corrected chi connectivity index (χ2v) is 7.79. The van der Waals surface area contributed by atoms with Crippen molar-refractivity contribution in [2.75, 3.05) is 6.61 Å². The first-order chi connectivity index (χ1) is 16.2. The summed E-state index contributed by atoms with van der Waals surface area (Å²) in [5.74, 6) is -4.30. The van der Waals surface area contributed by atoms with E-state index in [2.05, 4.69) is 16.9 Å². The molecule has 182 valence electrons. The van der Waals surface area contributed by atoms with Gasteiger partial charge < -0.3 is 4.74 Å². The Kier molecular flexibility index (Phi) is 8.52. The minimum absolute atomic E-state index is 0.212. The molecule has 1 aromatic heterocycles. The van der Waals surface area contributed by atoms with E-state index in [9.17, 15) is 26.3 Å². The molecule has 0 unspecified atom stereocenters. The molecule has 0 atom stereocenters. The average Bonchev–Trinajstić information content (AvgIpc) is 2.81. The fourth-order valence-electron chi connectivity index (χ4n) is 3.52. The lowest BCUT2D eigenvalue weighted by Crippen LogP contribution is -2.08. The molecule has 3 aromatic rings. The van der Waals surface area contributed by atoms with Crippen molar-refractivity contribution in [3.8, 4) is 28.3 Å². The molecule has 0 aliphatic carbocycles. The van der Waals surface area contributed by atoms with Crippen molar-refractivity contribution < 1.29 is 31.1 Å². The van der Waals surface area contributed by atoms with E-state index in [0.29, 0.717) is 6.42 Å². The fourth-order valence-corrected chi connectivity index (χ4v) is 3.52. The minimum Gasteiger partial charge on any atom is -0.490 e. The smallest absolute Gasteiger partial charge is 0.417 e. The van der Waals surface area contributed by atoms with Gasteiger partial charge in [0.1, 0.15) is 5.69 Å². The highest BCUT2D eigenvalue weighted by Crippen LogP contribution is 2.37. The Morgan fingerprint density at radius 1 is 0.824 bits per heavy atom. The molecular formula is C25H24F6N2O.